The minimum atomic E-state index is -0.781. The highest BCUT2D eigenvalue weighted by molar-refractivity contribution is 5.69. The molecule has 0 saturated heterocycles. The molecule has 4 rings (SSSR count). The highest BCUT2D eigenvalue weighted by Crippen LogP contribution is 2.63. The number of hydrogen-bond acceptors (Lipinski definition) is 3. The molecule has 0 heterocycles. The summed E-state index contributed by atoms with van der Waals surface area (Å²) in [6, 6.07) is 6.02. The summed E-state index contributed by atoms with van der Waals surface area (Å²) in [4.78, 5) is 11.3. The maximum atomic E-state index is 12.4. The van der Waals surface area contributed by atoms with Crippen molar-refractivity contribution in [2.45, 2.75) is 115 Å². The lowest BCUT2D eigenvalue weighted by Gasteiger charge is -2.54. The van der Waals surface area contributed by atoms with E-state index in [0.29, 0.717) is 48.7 Å². The van der Waals surface area contributed by atoms with Crippen LogP contribution in [0.1, 0.15) is 114 Å². The van der Waals surface area contributed by atoms with Gasteiger partial charge in [-0.2, -0.15) is 0 Å². The highest BCUT2D eigenvalue weighted by Gasteiger charge is 2.57. The zero-order valence-corrected chi connectivity index (χ0v) is 22.1. The van der Waals surface area contributed by atoms with Gasteiger partial charge in [0.05, 0.1) is 18.7 Å². The number of unbranched alkanes of at least 4 members (excludes halogenated alkanes) is 5. The number of carbonyl (C=O) groups is 1. The number of benzene rings is 1. The first-order valence-electron chi connectivity index (χ1n) is 14.6. The number of hydrogen-bond donors (Lipinski definition) is 3. The molecule has 1 aromatic rings. The lowest BCUT2D eigenvalue weighted by Crippen LogP contribution is -2.47. The third-order valence-electron chi connectivity index (χ3n) is 10.2. The van der Waals surface area contributed by atoms with Crippen LogP contribution < -0.4 is 0 Å². The van der Waals surface area contributed by atoms with Crippen LogP contribution in [0.3, 0.4) is 0 Å². The van der Waals surface area contributed by atoms with Crippen LogP contribution in [-0.4, -0.2) is 34.1 Å². The number of aryl methyl sites for hydroxylation is 1. The molecule has 3 N–H and O–H groups in total. The number of halogens is 1. The smallest absolute Gasteiger partial charge is 0.306 e. The van der Waals surface area contributed by atoms with Crippen LogP contribution in [0.15, 0.2) is 18.2 Å². The molecule has 3 aliphatic rings. The molecule has 5 heteroatoms. The lowest BCUT2D eigenvalue weighted by atomic mass is 9.51. The Bertz CT molecular complexity index is 872. The molecule has 0 aliphatic heterocycles. The van der Waals surface area contributed by atoms with Crippen LogP contribution in [0.4, 0.5) is 4.39 Å². The Morgan fingerprint density at radius 2 is 1.78 bits per heavy atom. The van der Waals surface area contributed by atoms with E-state index in [4.69, 9.17) is 0 Å². The van der Waals surface area contributed by atoms with Crippen molar-refractivity contribution < 1.29 is 24.5 Å². The number of fused-ring (bicyclic) bond motifs is 5. The van der Waals surface area contributed by atoms with Gasteiger partial charge in [-0.3, -0.25) is 9.18 Å². The molecule has 0 spiro atoms. The Kier molecular flexibility index (Phi) is 9.35. The summed E-state index contributed by atoms with van der Waals surface area (Å²) in [6.45, 7) is 1.92. The first kappa shape index (κ1) is 27.4. The third kappa shape index (κ3) is 5.92. The van der Waals surface area contributed by atoms with Gasteiger partial charge in [0.2, 0.25) is 0 Å². The molecule has 1 aromatic carbocycles. The molecule has 0 radical (unpaired) electrons. The molecular formula is C31H47FO4. The zero-order chi connectivity index (χ0) is 25.7. The molecule has 4 nitrogen and oxygen atoms in total. The summed E-state index contributed by atoms with van der Waals surface area (Å²) >= 11 is 0. The first-order valence-corrected chi connectivity index (χ1v) is 14.6. The van der Waals surface area contributed by atoms with Crippen molar-refractivity contribution in [3.63, 3.8) is 0 Å². The predicted octanol–water partition coefficient (Wildman–Crippen LogP) is 7.41. The van der Waals surface area contributed by atoms with Crippen LogP contribution in [-0.2, 0) is 11.2 Å². The molecule has 2 saturated carbocycles. The molecule has 0 bridgehead atoms. The quantitative estimate of drug-likeness (QED) is 0.246. The van der Waals surface area contributed by atoms with Crippen molar-refractivity contribution in [3.8, 4) is 5.75 Å². The maximum Gasteiger partial charge on any atom is 0.306 e. The van der Waals surface area contributed by atoms with Gasteiger partial charge in [0.1, 0.15) is 5.75 Å². The number of alkyl halides is 1. The average molecular weight is 503 g/mol. The fourth-order valence-electron chi connectivity index (χ4n) is 8.35. The lowest BCUT2D eigenvalue weighted by molar-refractivity contribution is -0.142. The van der Waals surface area contributed by atoms with Gasteiger partial charge in [0, 0.05) is 0 Å². The van der Waals surface area contributed by atoms with E-state index in [1.807, 2.05) is 12.1 Å². The number of aliphatic hydroxyl groups excluding tert-OH is 1. The van der Waals surface area contributed by atoms with Crippen molar-refractivity contribution in [1.82, 2.24) is 0 Å². The molecule has 2 fully saturated rings. The number of aliphatic carboxylic acids is 1. The van der Waals surface area contributed by atoms with E-state index in [1.54, 1.807) is 0 Å². The summed E-state index contributed by atoms with van der Waals surface area (Å²) in [7, 11) is 0. The Balaban J connectivity index is 1.28. The standard InChI is InChI=1S/C31H47FO4/c1-31-20-23(10-7-5-3-2-4-6-9-21(30(35)36)11-8-18-32)29-25-15-13-24(33)19-22(25)12-14-26(29)27(31)16-17-28(31)34/h13,15,19,21,23,26-29,33-34H,2-12,14,16-18,20H2,1H3,(H,35,36)/t21?,23-,26?,27?,28-,29?,31-/m0/s1. The zero-order valence-electron chi connectivity index (χ0n) is 22.1. The topological polar surface area (TPSA) is 77.8 Å². The van der Waals surface area contributed by atoms with Crippen LogP contribution >= 0.6 is 0 Å². The van der Waals surface area contributed by atoms with E-state index in [2.05, 4.69) is 13.0 Å². The second-order valence-corrected chi connectivity index (χ2v) is 12.3. The fourth-order valence-corrected chi connectivity index (χ4v) is 8.35. The summed E-state index contributed by atoms with van der Waals surface area (Å²) in [6.07, 6.45) is 14.6. The molecule has 0 amide bonds. The van der Waals surface area contributed by atoms with Crippen molar-refractivity contribution >= 4 is 5.97 Å². The predicted molar refractivity (Wildman–Crippen MR) is 141 cm³/mol. The molecule has 3 aliphatic carbocycles. The number of rotatable bonds is 13. The summed E-state index contributed by atoms with van der Waals surface area (Å²) in [5.41, 5.74) is 2.83. The molecule has 7 atom stereocenters. The summed E-state index contributed by atoms with van der Waals surface area (Å²) in [5.74, 6) is 1.58. The van der Waals surface area contributed by atoms with Gasteiger partial charge in [-0.25, -0.2) is 0 Å². The van der Waals surface area contributed by atoms with Crippen LogP contribution in [0.2, 0.25) is 0 Å². The first-order chi connectivity index (χ1) is 17.3. The second-order valence-electron chi connectivity index (χ2n) is 12.3. The SMILES string of the molecule is C[C@]12C[C@H](CCCCCCCCC(CCCF)C(=O)O)C3c4ccc(O)cc4CCC3C1CC[C@@H]2O. The largest absolute Gasteiger partial charge is 0.508 e. The minimum absolute atomic E-state index is 0.0447. The van der Waals surface area contributed by atoms with E-state index in [0.717, 1.165) is 44.9 Å². The monoisotopic (exact) mass is 502 g/mol. The molecule has 4 unspecified atom stereocenters. The Hall–Kier alpha value is -1.62. The third-order valence-corrected chi connectivity index (χ3v) is 10.2. The van der Waals surface area contributed by atoms with Crippen molar-refractivity contribution in [2.24, 2.45) is 29.1 Å². The van der Waals surface area contributed by atoms with E-state index < -0.39 is 18.6 Å². The van der Waals surface area contributed by atoms with Crippen molar-refractivity contribution in [1.29, 1.82) is 0 Å². The van der Waals surface area contributed by atoms with Crippen LogP contribution in [0.5, 0.6) is 5.75 Å². The molecule has 202 valence electrons. The summed E-state index contributed by atoms with van der Waals surface area (Å²) in [5, 5.41) is 30.3. The van der Waals surface area contributed by atoms with Crippen LogP contribution in [0, 0.1) is 29.1 Å². The Labute approximate surface area is 216 Å². The minimum Gasteiger partial charge on any atom is -0.508 e. The Morgan fingerprint density at radius 1 is 1.06 bits per heavy atom. The van der Waals surface area contributed by atoms with Gasteiger partial charge in [0.25, 0.3) is 0 Å². The van der Waals surface area contributed by atoms with Crippen LogP contribution in [0.25, 0.3) is 0 Å². The van der Waals surface area contributed by atoms with Gasteiger partial charge < -0.3 is 15.3 Å². The van der Waals surface area contributed by atoms with E-state index >= 15 is 0 Å². The number of aromatic hydroxyl groups is 1. The van der Waals surface area contributed by atoms with Gasteiger partial charge in [0.15, 0.2) is 0 Å². The number of phenolic OH excluding ortho intramolecular Hbond substituents is 1. The normalized spacial score (nSPS) is 31.9. The molecule has 36 heavy (non-hydrogen) atoms. The summed E-state index contributed by atoms with van der Waals surface area (Å²) < 4.78 is 12.4. The van der Waals surface area contributed by atoms with Crippen molar-refractivity contribution in [2.75, 3.05) is 6.67 Å². The van der Waals surface area contributed by atoms with Gasteiger partial charge in [-0.15, -0.1) is 0 Å². The van der Waals surface area contributed by atoms with Gasteiger partial charge in [-0.05, 0) is 110 Å². The number of aliphatic hydroxyl groups is 1. The van der Waals surface area contributed by atoms with E-state index in [-0.39, 0.29) is 11.5 Å². The fraction of sp³-hybridized carbons (Fsp3) is 0.774. The van der Waals surface area contributed by atoms with Crippen molar-refractivity contribution in [3.05, 3.63) is 29.3 Å². The molecular weight excluding hydrogens is 455 g/mol. The van der Waals surface area contributed by atoms with E-state index in [9.17, 15) is 24.5 Å². The van der Waals surface area contributed by atoms with Gasteiger partial charge in [-0.1, -0.05) is 51.5 Å². The molecule has 0 aromatic heterocycles. The highest BCUT2D eigenvalue weighted by atomic mass is 19.1. The maximum absolute atomic E-state index is 12.4. The number of carboxylic acids is 1. The van der Waals surface area contributed by atoms with E-state index in [1.165, 1.54) is 43.2 Å². The number of carboxylic acid groups (broad SMARTS) is 1. The number of phenols is 1. The second kappa shape index (κ2) is 12.3. The van der Waals surface area contributed by atoms with Gasteiger partial charge >= 0.3 is 5.97 Å². The average Bonchev–Trinajstić information content (AvgIpc) is 3.15. The Morgan fingerprint density at radius 3 is 2.53 bits per heavy atom.